The van der Waals surface area contributed by atoms with Crippen LogP contribution in [0.4, 0.5) is 0 Å². The maximum absolute atomic E-state index is 7.10. The first-order valence-corrected chi connectivity index (χ1v) is 4.50. The third kappa shape index (κ3) is 2.27. The van der Waals surface area contributed by atoms with E-state index < -0.39 is 0 Å². The van der Waals surface area contributed by atoms with Gasteiger partial charge in [0.05, 0.1) is 0 Å². The predicted octanol–water partition coefficient (Wildman–Crippen LogP) is 2.29. The summed E-state index contributed by atoms with van der Waals surface area (Å²) in [6.07, 6.45) is 0. The highest BCUT2D eigenvalue weighted by Crippen LogP contribution is 2.20. The molecule has 0 amide bonds. The monoisotopic (exact) mass is 180 g/mol. The number of hydrogen-bond donors (Lipinski definition) is 2. The third-order valence-corrected chi connectivity index (χ3v) is 2.42. The van der Waals surface area contributed by atoms with Crippen LogP contribution < -0.4 is 5.73 Å². The third-order valence-electron chi connectivity index (χ3n) is 1.71. The van der Waals surface area contributed by atoms with Gasteiger partial charge in [-0.2, -0.15) is 0 Å². The fourth-order valence-corrected chi connectivity index (χ4v) is 1.53. The number of nitrogens with two attached hydrogens (primary N) is 1. The average Bonchev–Trinajstić information content (AvgIpc) is 1.96. The van der Waals surface area contributed by atoms with E-state index in [0.717, 1.165) is 4.90 Å². The molecule has 64 valence electrons. The topological polar surface area (TPSA) is 49.9 Å². The van der Waals surface area contributed by atoms with Gasteiger partial charge in [0.25, 0.3) is 0 Å². The fraction of sp³-hybridized carbons (Fsp3) is 0.222. The molecule has 0 spiro atoms. The summed E-state index contributed by atoms with van der Waals surface area (Å²) in [5, 5.41) is 7.23. The highest BCUT2D eigenvalue weighted by Gasteiger charge is 1.97. The Balaban J connectivity index is 2.89. The van der Waals surface area contributed by atoms with Crippen LogP contribution in [0.25, 0.3) is 0 Å². The van der Waals surface area contributed by atoms with E-state index in [1.165, 1.54) is 22.9 Å². The molecule has 0 fully saturated rings. The number of amidine groups is 1. The molecule has 1 rings (SSSR count). The van der Waals surface area contributed by atoms with Crippen molar-refractivity contribution in [1.29, 1.82) is 5.41 Å². The number of benzene rings is 1. The average molecular weight is 180 g/mol. The first kappa shape index (κ1) is 9.13. The molecule has 0 atom stereocenters. The summed E-state index contributed by atoms with van der Waals surface area (Å²) in [6.45, 7) is 4.12. The van der Waals surface area contributed by atoms with Crippen LogP contribution in [-0.4, -0.2) is 5.17 Å². The van der Waals surface area contributed by atoms with Gasteiger partial charge in [0.15, 0.2) is 5.17 Å². The lowest BCUT2D eigenvalue weighted by molar-refractivity contribution is 1.28. The molecule has 0 aromatic heterocycles. The van der Waals surface area contributed by atoms with Crippen LogP contribution in [0.2, 0.25) is 0 Å². The van der Waals surface area contributed by atoms with Crippen molar-refractivity contribution in [2.24, 2.45) is 5.73 Å². The number of hydrogen-bond acceptors (Lipinski definition) is 2. The van der Waals surface area contributed by atoms with E-state index in [0.29, 0.717) is 0 Å². The predicted molar refractivity (Wildman–Crippen MR) is 53.7 cm³/mol. The maximum atomic E-state index is 7.10. The normalized spacial score (nSPS) is 9.83. The lowest BCUT2D eigenvalue weighted by Gasteiger charge is -2.02. The minimum absolute atomic E-state index is 0.137. The zero-order valence-corrected chi connectivity index (χ0v) is 8.03. The summed E-state index contributed by atoms with van der Waals surface area (Å²) >= 11 is 1.28. The lowest BCUT2D eigenvalue weighted by Crippen LogP contribution is -2.02. The van der Waals surface area contributed by atoms with E-state index >= 15 is 0 Å². The van der Waals surface area contributed by atoms with Gasteiger partial charge in [0.2, 0.25) is 0 Å². The van der Waals surface area contributed by atoms with E-state index in [4.69, 9.17) is 11.1 Å². The summed E-state index contributed by atoms with van der Waals surface area (Å²) in [4.78, 5) is 1.03. The molecule has 0 saturated heterocycles. The number of aryl methyl sites for hydroxylation is 2. The Bertz CT molecular complexity index is 307. The van der Waals surface area contributed by atoms with Gasteiger partial charge in [0.1, 0.15) is 0 Å². The van der Waals surface area contributed by atoms with Gasteiger partial charge in [-0.3, -0.25) is 5.41 Å². The Morgan fingerprint density at radius 2 is 2.00 bits per heavy atom. The Labute approximate surface area is 76.7 Å². The first-order chi connectivity index (χ1) is 5.59. The van der Waals surface area contributed by atoms with Crippen LogP contribution in [0.5, 0.6) is 0 Å². The SMILES string of the molecule is Cc1ccc(SC(=N)N)cc1C. The summed E-state index contributed by atoms with van der Waals surface area (Å²) < 4.78 is 0. The van der Waals surface area contributed by atoms with Gasteiger partial charge in [-0.1, -0.05) is 17.8 Å². The molecule has 0 unspecified atom stereocenters. The maximum Gasteiger partial charge on any atom is 0.155 e. The van der Waals surface area contributed by atoms with Gasteiger partial charge in [-0.05, 0) is 37.1 Å². The molecule has 0 saturated carbocycles. The molecule has 3 N–H and O–H groups in total. The van der Waals surface area contributed by atoms with E-state index in [-0.39, 0.29) is 5.17 Å². The molecular weight excluding hydrogens is 168 g/mol. The van der Waals surface area contributed by atoms with Gasteiger partial charge in [-0.25, -0.2) is 0 Å². The molecule has 2 nitrogen and oxygen atoms in total. The van der Waals surface area contributed by atoms with Crippen LogP contribution in [-0.2, 0) is 0 Å². The van der Waals surface area contributed by atoms with E-state index in [2.05, 4.69) is 13.8 Å². The highest BCUT2D eigenvalue weighted by molar-refractivity contribution is 8.13. The second-order valence-corrected chi connectivity index (χ2v) is 3.83. The smallest absolute Gasteiger partial charge is 0.155 e. The Morgan fingerprint density at radius 3 is 2.50 bits per heavy atom. The fourth-order valence-electron chi connectivity index (χ4n) is 0.904. The van der Waals surface area contributed by atoms with Crippen molar-refractivity contribution < 1.29 is 0 Å². The molecule has 1 aromatic rings. The molecule has 3 heteroatoms. The quantitative estimate of drug-likeness (QED) is 0.396. The largest absolute Gasteiger partial charge is 0.378 e. The number of thioether (sulfide) groups is 1. The summed E-state index contributed by atoms with van der Waals surface area (Å²) in [5.74, 6) is 0. The first-order valence-electron chi connectivity index (χ1n) is 3.68. The van der Waals surface area contributed by atoms with Crippen molar-refractivity contribution in [2.75, 3.05) is 0 Å². The second-order valence-electron chi connectivity index (χ2n) is 2.71. The van der Waals surface area contributed by atoms with E-state index in [1.807, 2.05) is 18.2 Å². The molecule has 0 aliphatic heterocycles. The Hall–Kier alpha value is -0.960. The van der Waals surface area contributed by atoms with Crippen LogP contribution in [0, 0.1) is 19.3 Å². The van der Waals surface area contributed by atoms with Gasteiger partial charge in [-0.15, -0.1) is 0 Å². The van der Waals surface area contributed by atoms with Gasteiger partial charge >= 0.3 is 0 Å². The Morgan fingerprint density at radius 1 is 1.33 bits per heavy atom. The number of rotatable bonds is 1. The summed E-state index contributed by atoms with van der Waals surface area (Å²) in [6, 6.07) is 6.07. The number of nitrogens with one attached hydrogen (secondary N) is 1. The molecule has 0 aliphatic carbocycles. The van der Waals surface area contributed by atoms with Gasteiger partial charge < -0.3 is 5.73 Å². The molecule has 0 heterocycles. The van der Waals surface area contributed by atoms with Crippen LogP contribution in [0.1, 0.15) is 11.1 Å². The van der Waals surface area contributed by atoms with Crippen LogP contribution in [0.3, 0.4) is 0 Å². The van der Waals surface area contributed by atoms with Crippen molar-refractivity contribution in [3.63, 3.8) is 0 Å². The van der Waals surface area contributed by atoms with Crippen molar-refractivity contribution in [1.82, 2.24) is 0 Å². The molecule has 0 bridgehead atoms. The zero-order valence-electron chi connectivity index (χ0n) is 7.22. The molecular formula is C9H12N2S. The molecule has 0 aliphatic rings. The van der Waals surface area contributed by atoms with Crippen LogP contribution in [0.15, 0.2) is 23.1 Å². The standard InChI is InChI=1S/C9H12N2S/c1-6-3-4-8(5-7(6)2)12-9(10)11/h3-5H,1-2H3,(H3,10,11). The molecule has 1 aromatic carbocycles. The van der Waals surface area contributed by atoms with Crippen molar-refractivity contribution >= 4 is 16.9 Å². The van der Waals surface area contributed by atoms with Crippen molar-refractivity contribution in [2.45, 2.75) is 18.7 Å². The molecule has 12 heavy (non-hydrogen) atoms. The summed E-state index contributed by atoms with van der Waals surface area (Å²) in [5.41, 5.74) is 7.76. The Kier molecular flexibility index (Phi) is 2.76. The highest BCUT2D eigenvalue weighted by atomic mass is 32.2. The van der Waals surface area contributed by atoms with Gasteiger partial charge in [0, 0.05) is 4.90 Å². The van der Waals surface area contributed by atoms with E-state index in [1.54, 1.807) is 0 Å². The summed E-state index contributed by atoms with van der Waals surface area (Å²) in [7, 11) is 0. The molecule has 0 radical (unpaired) electrons. The van der Waals surface area contributed by atoms with Crippen molar-refractivity contribution in [3.8, 4) is 0 Å². The van der Waals surface area contributed by atoms with Crippen molar-refractivity contribution in [3.05, 3.63) is 29.3 Å². The van der Waals surface area contributed by atoms with Crippen LogP contribution >= 0.6 is 11.8 Å². The lowest BCUT2D eigenvalue weighted by atomic mass is 10.1. The van der Waals surface area contributed by atoms with E-state index in [9.17, 15) is 0 Å². The minimum Gasteiger partial charge on any atom is -0.378 e. The second kappa shape index (κ2) is 3.63. The minimum atomic E-state index is 0.137. The zero-order chi connectivity index (χ0) is 9.14.